The molecule has 0 heterocycles. The second kappa shape index (κ2) is 5.34. The molecule has 0 bridgehead atoms. The predicted octanol–water partition coefficient (Wildman–Crippen LogP) is 4.60. The highest BCUT2D eigenvalue weighted by atomic mass is 35.5. The van der Waals surface area contributed by atoms with Crippen molar-refractivity contribution in [3.05, 3.63) is 48.0 Å². The van der Waals surface area contributed by atoms with Crippen molar-refractivity contribution in [1.82, 2.24) is 0 Å². The largest absolute Gasteiger partial charge is 0.297 e. The number of carbonyl (C=O) groups excluding carboxylic acids is 1. The maximum Gasteiger partial charge on any atom is 0.156 e. The van der Waals surface area contributed by atoms with Gasteiger partial charge in [0.25, 0.3) is 0 Å². The van der Waals surface area contributed by atoms with Crippen molar-refractivity contribution in [2.24, 2.45) is 5.41 Å². The third-order valence-corrected chi connectivity index (χ3v) is 3.66. The maximum absolute atomic E-state index is 12.2. The van der Waals surface area contributed by atoms with Crippen LogP contribution in [0.5, 0.6) is 0 Å². The lowest BCUT2D eigenvalue weighted by Crippen LogP contribution is -2.30. The summed E-state index contributed by atoms with van der Waals surface area (Å²) in [6.07, 6.45) is 0.582. The average molecular weight is 275 g/mol. The molecule has 19 heavy (non-hydrogen) atoms. The summed E-state index contributed by atoms with van der Waals surface area (Å²) in [5.74, 6) is 0.0992. The Balaban J connectivity index is 2.29. The number of rotatable bonds is 3. The number of ketones is 1. The predicted molar refractivity (Wildman–Crippen MR) is 81.8 cm³/mol. The number of alkyl halides is 1. The number of fused-ring (bicyclic) bond motifs is 1. The first-order valence-electron chi connectivity index (χ1n) is 6.54. The molecule has 0 amide bonds. The first kappa shape index (κ1) is 14.1. The Morgan fingerprint density at radius 3 is 2.42 bits per heavy atom. The highest BCUT2D eigenvalue weighted by molar-refractivity contribution is 6.32. The molecule has 2 heteroatoms. The summed E-state index contributed by atoms with van der Waals surface area (Å²) in [7, 11) is 0. The van der Waals surface area contributed by atoms with Gasteiger partial charge in [0.15, 0.2) is 5.78 Å². The van der Waals surface area contributed by atoms with Gasteiger partial charge < -0.3 is 0 Å². The van der Waals surface area contributed by atoms with Crippen molar-refractivity contribution in [2.75, 3.05) is 0 Å². The van der Waals surface area contributed by atoms with Crippen molar-refractivity contribution in [1.29, 1.82) is 0 Å². The van der Waals surface area contributed by atoms with Gasteiger partial charge in [-0.25, -0.2) is 0 Å². The third-order valence-electron chi connectivity index (χ3n) is 3.30. The summed E-state index contributed by atoms with van der Waals surface area (Å²) < 4.78 is 0. The van der Waals surface area contributed by atoms with E-state index in [1.165, 1.54) is 10.8 Å². The van der Waals surface area contributed by atoms with Crippen LogP contribution in [0, 0.1) is 5.41 Å². The molecule has 0 aromatic heterocycles. The molecule has 0 aliphatic heterocycles. The minimum atomic E-state index is -0.467. The van der Waals surface area contributed by atoms with Crippen molar-refractivity contribution >= 4 is 28.2 Å². The molecule has 1 nitrogen and oxygen atoms in total. The lowest BCUT2D eigenvalue weighted by atomic mass is 9.86. The van der Waals surface area contributed by atoms with E-state index in [0.717, 1.165) is 5.56 Å². The maximum atomic E-state index is 12.2. The van der Waals surface area contributed by atoms with Crippen LogP contribution in [0.3, 0.4) is 0 Å². The average Bonchev–Trinajstić information content (AvgIpc) is 2.37. The van der Waals surface area contributed by atoms with E-state index in [0.29, 0.717) is 6.42 Å². The van der Waals surface area contributed by atoms with Crippen molar-refractivity contribution < 1.29 is 4.79 Å². The fourth-order valence-electron chi connectivity index (χ4n) is 2.23. The van der Waals surface area contributed by atoms with Gasteiger partial charge in [-0.05, 0) is 22.8 Å². The smallest absolute Gasteiger partial charge is 0.156 e. The van der Waals surface area contributed by atoms with Crippen LogP contribution in [0.4, 0.5) is 0 Å². The van der Waals surface area contributed by atoms with E-state index >= 15 is 0 Å². The Morgan fingerprint density at radius 1 is 1.11 bits per heavy atom. The van der Waals surface area contributed by atoms with Gasteiger partial charge in [0.1, 0.15) is 0 Å². The normalized spacial score (nSPS) is 13.5. The summed E-state index contributed by atoms with van der Waals surface area (Å²) in [6.45, 7) is 5.73. The molecule has 0 N–H and O–H groups in total. The van der Waals surface area contributed by atoms with E-state index in [4.69, 9.17) is 11.6 Å². The highest BCUT2D eigenvalue weighted by Gasteiger charge is 2.28. The topological polar surface area (TPSA) is 17.1 Å². The van der Waals surface area contributed by atoms with Gasteiger partial charge in [0, 0.05) is 5.41 Å². The van der Waals surface area contributed by atoms with Crippen LogP contribution in [0.15, 0.2) is 42.5 Å². The Labute approximate surface area is 119 Å². The Kier molecular flexibility index (Phi) is 3.96. The molecule has 100 valence electrons. The van der Waals surface area contributed by atoms with Gasteiger partial charge in [-0.1, -0.05) is 63.2 Å². The second-order valence-corrected chi connectivity index (χ2v) is 6.45. The van der Waals surface area contributed by atoms with Crippen LogP contribution in [0.25, 0.3) is 10.8 Å². The van der Waals surface area contributed by atoms with Gasteiger partial charge >= 0.3 is 0 Å². The molecule has 2 aromatic carbocycles. The third kappa shape index (κ3) is 3.16. The van der Waals surface area contributed by atoms with Crippen LogP contribution in [-0.2, 0) is 11.2 Å². The molecule has 1 unspecified atom stereocenters. The summed E-state index contributed by atoms with van der Waals surface area (Å²) in [4.78, 5) is 12.2. The number of halogens is 1. The number of Topliss-reactive ketones (excluding diaryl/α,β-unsaturated/α-hetero) is 1. The Morgan fingerprint density at radius 2 is 1.74 bits per heavy atom. The zero-order valence-corrected chi connectivity index (χ0v) is 12.4. The summed E-state index contributed by atoms with van der Waals surface area (Å²) >= 11 is 6.30. The van der Waals surface area contributed by atoms with Gasteiger partial charge in [-0.15, -0.1) is 11.6 Å². The quantitative estimate of drug-likeness (QED) is 0.747. The van der Waals surface area contributed by atoms with Gasteiger partial charge in [-0.3, -0.25) is 4.79 Å². The van der Waals surface area contributed by atoms with Gasteiger partial charge in [-0.2, -0.15) is 0 Å². The Bertz CT molecular complexity index is 590. The van der Waals surface area contributed by atoms with Crippen LogP contribution >= 0.6 is 11.6 Å². The summed E-state index contributed by atoms with van der Waals surface area (Å²) in [5, 5.41) is 1.90. The van der Waals surface area contributed by atoms with E-state index in [1.54, 1.807) is 0 Å². The first-order chi connectivity index (χ1) is 8.89. The van der Waals surface area contributed by atoms with E-state index < -0.39 is 10.8 Å². The molecule has 0 fully saturated rings. The number of carbonyl (C=O) groups is 1. The van der Waals surface area contributed by atoms with Crippen LogP contribution in [-0.4, -0.2) is 11.2 Å². The molecule has 0 spiro atoms. The molecule has 0 aliphatic rings. The fourth-order valence-corrected chi connectivity index (χ4v) is 2.72. The van der Waals surface area contributed by atoms with Crippen molar-refractivity contribution in [3.8, 4) is 0 Å². The highest BCUT2D eigenvalue weighted by Crippen LogP contribution is 2.25. The molecule has 0 radical (unpaired) electrons. The second-order valence-electron chi connectivity index (χ2n) is 5.92. The molecule has 0 saturated heterocycles. The first-order valence-corrected chi connectivity index (χ1v) is 6.98. The van der Waals surface area contributed by atoms with Crippen LogP contribution in [0.2, 0.25) is 0 Å². The van der Waals surface area contributed by atoms with E-state index in [1.807, 2.05) is 45.0 Å². The van der Waals surface area contributed by atoms with E-state index in [2.05, 4.69) is 18.2 Å². The summed E-state index contributed by atoms with van der Waals surface area (Å²) in [6, 6.07) is 14.3. The number of benzene rings is 2. The summed E-state index contributed by atoms with van der Waals surface area (Å²) in [5.41, 5.74) is 0.743. The van der Waals surface area contributed by atoms with E-state index in [-0.39, 0.29) is 5.78 Å². The lowest BCUT2D eigenvalue weighted by molar-refractivity contribution is -0.125. The minimum absolute atomic E-state index is 0.0992. The molecule has 0 aliphatic carbocycles. The van der Waals surface area contributed by atoms with Gasteiger partial charge in [0.05, 0.1) is 5.38 Å². The minimum Gasteiger partial charge on any atom is -0.297 e. The fraction of sp³-hybridized carbons (Fsp3) is 0.353. The van der Waals surface area contributed by atoms with Crippen LogP contribution < -0.4 is 0 Å². The van der Waals surface area contributed by atoms with Crippen molar-refractivity contribution in [2.45, 2.75) is 32.6 Å². The standard InChI is InChI=1S/C17H19ClO/c1-17(2,3)16(19)15(18)11-13-9-6-8-12-7-4-5-10-14(12)13/h4-10,15H,11H2,1-3H3. The molecule has 0 saturated carbocycles. The molecular weight excluding hydrogens is 256 g/mol. The molecule has 2 aromatic rings. The number of hydrogen-bond donors (Lipinski definition) is 0. The van der Waals surface area contributed by atoms with E-state index in [9.17, 15) is 4.79 Å². The zero-order chi connectivity index (χ0) is 14.0. The molecule has 2 rings (SSSR count). The van der Waals surface area contributed by atoms with Gasteiger partial charge in [0.2, 0.25) is 0 Å². The zero-order valence-electron chi connectivity index (χ0n) is 11.6. The lowest BCUT2D eigenvalue weighted by Gasteiger charge is -2.20. The molecular formula is C17H19ClO. The molecule has 1 atom stereocenters. The van der Waals surface area contributed by atoms with Crippen molar-refractivity contribution in [3.63, 3.8) is 0 Å². The van der Waals surface area contributed by atoms with Crippen LogP contribution in [0.1, 0.15) is 26.3 Å². The Hall–Kier alpha value is -1.34. The number of hydrogen-bond acceptors (Lipinski definition) is 1. The monoisotopic (exact) mass is 274 g/mol. The SMILES string of the molecule is CC(C)(C)C(=O)C(Cl)Cc1cccc2ccccc12.